The fraction of sp³-hybridized carbons (Fsp3) is 0.381. The van der Waals surface area contributed by atoms with Gasteiger partial charge in [-0.3, -0.25) is 14.6 Å². The number of benzene rings is 2. The number of ether oxygens (including phenoxy) is 1. The molecule has 1 heterocycles. The number of piperazine rings is 1. The van der Waals surface area contributed by atoms with Crippen LogP contribution in [0.25, 0.3) is 0 Å². The minimum absolute atomic E-state index is 0.0340. The lowest BCUT2D eigenvalue weighted by Gasteiger charge is -2.37. The molecule has 0 saturated carbocycles. The Morgan fingerprint density at radius 1 is 1.04 bits per heavy atom. The summed E-state index contributed by atoms with van der Waals surface area (Å²) >= 11 is 0. The number of hydrogen-bond acceptors (Lipinski definition) is 4. The summed E-state index contributed by atoms with van der Waals surface area (Å²) in [5.74, 6) is 0.817. The van der Waals surface area contributed by atoms with Crippen LogP contribution in [0, 0.1) is 0 Å². The molecule has 3 rings (SSSR count). The van der Waals surface area contributed by atoms with Gasteiger partial charge in [0.1, 0.15) is 5.75 Å². The molecule has 0 aliphatic carbocycles. The third kappa shape index (κ3) is 4.84. The van der Waals surface area contributed by atoms with Crippen molar-refractivity contribution in [3.05, 3.63) is 60.2 Å². The van der Waals surface area contributed by atoms with Gasteiger partial charge in [-0.2, -0.15) is 0 Å². The van der Waals surface area contributed by atoms with Crippen LogP contribution in [0.3, 0.4) is 0 Å². The zero-order valence-corrected chi connectivity index (χ0v) is 15.5. The summed E-state index contributed by atoms with van der Waals surface area (Å²) < 4.78 is 5.14. The first-order chi connectivity index (χ1) is 12.7. The molecule has 1 saturated heterocycles. The second kappa shape index (κ2) is 8.83. The van der Waals surface area contributed by atoms with Crippen molar-refractivity contribution in [1.82, 2.24) is 9.80 Å². The summed E-state index contributed by atoms with van der Waals surface area (Å²) in [5.41, 5.74) is 2.14. The van der Waals surface area contributed by atoms with Crippen LogP contribution in [-0.4, -0.2) is 55.0 Å². The van der Waals surface area contributed by atoms with Gasteiger partial charge in [0.05, 0.1) is 13.2 Å². The topological polar surface area (TPSA) is 44.8 Å². The van der Waals surface area contributed by atoms with E-state index in [1.165, 1.54) is 5.56 Å². The molecule has 2 aromatic rings. The number of rotatable bonds is 6. The van der Waals surface area contributed by atoms with Crippen molar-refractivity contribution in [2.24, 2.45) is 0 Å². The molecule has 1 atom stereocenters. The number of carbonyl (C=O) groups excluding carboxylic acids is 1. The Morgan fingerprint density at radius 2 is 1.69 bits per heavy atom. The molecule has 1 aliphatic rings. The fourth-order valence-electron chi connectivity index (χ4n) is 3.24. The van der Waals surface area contributed by atoms with Gasteiger partial charge in [0.25, 0.3) is 0 Å². The van der Waals surface area contributed by atoms with Crippen LogP contribution in [-0.2, 0) is 11.3 Å². The first kappa shape index (κ1) is 18.4. The molecule has 0 bridgehead atoms. The molecule has 138 valence electrons. The SMILES string of the molecule is COc1ccc(NC(=O)[C@@H](C)N2CCN(Cc3ccccc3)CC2)cc1. The lowest BCUT2D eigenvalue weighted by Crippen LogP contribution is -2.52. The Bertz CT molecular complexity index is 695. The molecule has 26 heavy (non-hydrogen) atoms. The molecule has 1 fully saturated rings. The summed E-state index contributed by atoms with van der Waals surface area (Å²) in [6.45, 7) is 6.73. The van der Waals surface area contributed by atoms with Gasteiger partial charge in [-0.1, -0.05) is 30.3 Å². The van der Waals surface area contributed by atoms with E-state index in [0.717, 1.165) is 44.2 Å². The Kier molecular flexibility index (Phi) is 6.26. The average Bonchev–Trinajstić information content (AvgIpc) is 2.69. The van der Waals surface area contributed by atoms with E-state index in [4.69, 9.17) is 4.74 Å². The number of anilines is 1. The standard InChI is InChI=1S/C21H27N3O2/c1-17(21(25)22-19-8-10-20(26-2)11-9-19)24-14-12-23(13-15-24)16-18-6-4-3-5-7-18/h3-11,17H,12-16H2,1-2H3,(H,22,25)/t17-/m1/s1. The van der Waals surface area contributed by atoms with Crippen LogP contribution in [0.5, 0.6) is 5.75 Å². The van der Waals surface area contributed by atoms with E-state index >= 15 is 0 Å². The molecule has 0 radical (unpaired) electrons. The molecule has 0 unspecified atom stereocenters. The molecule has 1 aliphatic heterocycles. The predicted octanol–water partition coefficient (Wildman–Crippen LogP) is 2.84. The molecule has 2 aromatic carbocycles. The van der Waals surface area contributed by atoms with Gasteiger partial charge in [0.2, 0.25) is 5.91 Å². The normalized spacial score (nSPS) is 16.8. The highest BCUT2D eigenvalue weighted by molar-refractivity contribution is 5.94. The van der Waals surface area contributed by atoms with E-state index in [0.29, 0.717) is 0 Å². The maximum atomic E-state index is 12.5. The number of nitrogens with one attached hydrogen (secondary N) is 1. The van der Waals surface area contributed by atoms with Crippen LogP contribution in [0.2, 0.25) is 0 Å². The van der Waals surface area contributed by atoms with Gasteiger partial charge in [0, 0.05) is 38.4 Å². The van der Waals surface area contributed by atoms with Gasteiger partial charge < -0.3 is 10.1 Å². The molecule has 0 spiro atoms. The monoisotopic (exact) mass is 353 g/mol. The molecular formula is C21H27N3O2. The Hall–Kier alpha value is -2.37. The third-order valence-electron chi connectivity index (χ3n) is 4.94. The lowest BCUT2D eigenvalue weighted by molar-refractivity contribution is -0.121. The van der Waals surface area contributed by atoms with Crippen molar-refractivity contribution < 1.29 is 9.53 Å². The molecule has 1 N–H and O–H groups in total. The van der Waals surface area contributed by atoms with Crippen molar-refractivity contribution in [3.8, 4) is 5.75 Å². The Labute approximate surface area is 155 Å². The first-order valence-electron chi connectivity index (χ1n) is 9.11. The van der Waals surface area contributed by atoms with E-state index in [-0.39, 0.29) is 11.9 Å². The molecular weight excluding hydrogens is 326 g/mol. The van der Waals surface area contributed by atoms with Crippen LogP contribution in [0.1, 0.15) is 12.5 Å². The second-order valence-corrected chi connectivity index (χ2v) is 6.69. The number of amides is 1. The predicted molar refractivity (Wildman–Crippen MR) is 104 cm³/mol. The minimum atomic E-state index is -0.143. The first-order valence-corrected chi connectivity index (χ1v) is 9.11. The van der Waals surface area contributed by atoms with Crippen molar-refractivity contribution in [2.75, 3.05) is 38.6 Å². The number of carbonyl (C=O) groups is 1. The maximum Gasteiger partial charge on any atom is 0.241 e. The minimum Gasteiger partial charge on any atom is -0.497 e. The van der Waals surface area contributed by atoms with Crippen LogP contribution < -0.4 is 10.1 Å². The van der Waals surface area contributed by atoms with Crippen molar-refractivity contribution in [3.63, 3.8) is 0 Å². The zero-order chi connectivity index (χ0) is 18.4. The highest BCUT2D eigenvalue weighted by atomic mass is 16.5. The zero-order valence-electron chi connectivity index (χ0n) is 15.5. The largest absolute Gasteiger partial charge is 0.497 e. The van der Waals surface area contributed by atoms with E-state index in [2.05, 4.69) is 39.4 Å². The highest BCUT2D eigenvalue weighted by Crippen LogP contribution is 2.16. The summed E-state index contributed by atoms with van der Waals surface area (Å²) in [4.78, 5) is 17.2. The van der Waals surface area contributed by atoms with Crippen molar-refractivity contribution >= 4 is 11.6 Å². The van der Waals surface area contributed by atoms with E-state index in [1.807, 2.05) is 37.3 Å². The number of nitrogens with zero attached hydrogens (tertiary/aromatic N) is 2. The molecule has 1 amide bonds. The van der Waals surface area contributed by atoms with Crippen LogP contribution in [0.4, 0.5) is 5.69 Å². The number of methoxy groups -OCH3 is 1. The third-order valence-corrected chi connectivity index (χ3v) is 4.94. The van der Waals surface area contributed by atoms with Gasteiger partial charge >= 0.3 is 0 Å². The van der Waals surface area contributed by atoms with Crippen molar-refractivity contribution in [2.45, 2.75) is 19.5 Å². The fourth-order valence-corrected chi connectivity index (χ4v) is 3.24. The average molecular weight is 353 g/mol. The van der Waals surface area contributed by atoms with Crippen LogP contribution in [0.15, 0.2) is 54.6 Å². The van der Waals surface area contributed by atoms with Gasteiger partial charge in [0.15, 0.2) is 0 Å². The van der Waals surface area contributed by atoms with Gasteiger partial charge in [-0.25, -0.2) is 0 Å². The van der Waals surface area contributed by atoms with E-state index in [9.17, 15) is 4.79 Å². The lowest BCUT2D eigenvalue weighted by atomic mass is 10.1. The highest BCUT2D eigenvalue weighted by Gasteiger charge is 2.25. The van der Waals surface area contributed by atoms with E-state index in [1.54, 1.807) is 7.11 Å². The number of hydrogen-bond donors (Lipinski definition) is 1. The van der Waals surface area contributed by atoms with Crippen molar-refractivity contribution in [1.29, 1.82) is 0 Å². The van der Waals surface area contributed by atoms with Gasteiger partial charge in [-0.05, 0) is 36.8 Å². The Balaban J connectivity index is 1.47. The van der Waals surface area contributed by atoms with E-state index < -0.39 is 0 Å². The van der Waals surface area contributed by atoms with Crippen LogP contribution >= 0.6 is 0 Å². The summed E-state index contributed by atoms with van der Waals surface area (Å²) in [6, 6.07) is 17.8. The smallest absolute Gasteiger partial charge is 0.241 e. The molecule has 0 aromatic heterocycles. The second-order valence-electron chi connectivity index (χ2n) is 6.69. The summed E-state index contributed by atoms with van der Waals surface area (Å²) in [7, 11) is 1.63. The quantitative estimate of drug-likeness (QED) is 0.867. The van der Waals surface area contributed by atoms with Gasteiger partial charge in [-0.15, -0.1) is 0 Å². The summed E-state index contributed by atoms with van der Waals surface area (Å²) in [6.07, 6.45) is 0. The maximum absolute atomic E-state index is 12.5. The molecule has 5 nitrogen and oxygen atoms in total. The summed E-state index contributed by atoms with van der Waals surface area (Å²) in [5, 5.41) is 2.99. The molecule has 5 heteroatoms. The Morgan fingerprint density at radius 3 is 2.31 bits per heavy atom.